The summed E-state index contributed by atoms with van der Waals surface area (Å²) >= 11 is 2.28. The van der Waals surface area contributed by atoms with Crippen LogP contribution in [0.15, 0.2) is 43.0 Å². The number of rotatable bonds is 0. The Morgan fingerprint density at radius 3 is 2.41 bits per heavy atom. The number of benzene rings is 2. The zero-order valence-electron chi connectivity index (χ0n) is 9.03. The zero-order valence-corrected chi connectivity index (χ0v) is 11.2. The molecule has 1 nitrogen and oxygen atoms in total. The molecule has 0 aromatic heterocycles. The van der Waals surface area contributed by atoms with Crippen LogP contribution in [-0.4, -0.2) is 7.85 Å². The predicted octanol–water partition coefficient (Wildman–Crippen LogP) is 3.25. The molecule has 17 heavy (non-hydrogen) atoms. The van der Waals surface area contributed by atoms with Crippen LogP contribution in [0.3, 0.4) is 0 Å². The maximum Gasteiger partial charge on any atom is 0.135 e. The first-order valence-corrected chi connectivity index (χ1v) is 6.29. The fourth-order valence-corrected chi connectivity index (χ4v) is 2.45. The van der Waals surface area contributed by atoms with Gasteiger partial charge in [-0.25, -0.2) is 0 Å². The summed E-state index contributed by atoms with van der Waals surface area (Å²) in [6.07, 6.45) is 0. The van der Waals surface area contributed by atoms with Crippen LogP contribution >= 0.6 is 22.6 Å². The number of fused-ring (bicyclic) bond motifs is 2. The van der Waals surface area contributed by atoms with Crippen molar-refractivity contribution in [2.45, 2.75) is 0 Å². The first-order chi connectivity index (χ1) is 8.15. The van der Waals surface area contributed by atoms with E-state index in [-0.39, 0.29) is 0 Å². The van der Waals surface area contributed by atoms with Gasteiger partial charge in [0.25, 0.3) is 0 Å². The van der Waals surface area contributed by atoms with E-state index >= 15 is 0 Å². The monoisotopic (exact) mass is 330 g/mol. The summed E-state index contributed by atoms with van der Waals surface area (Å²) < 4.78 is 7.00. The molecule has 0 unspecified atom stereocenters. The van der Waals surface area contributed by atoms with Crippen molar-refractivity contribution in [3.8, 4) is 11.5 Å². The van der Waals surface area contributed by atoms with E-state index in [1.807, 2.05) is 30.3 Å². The Morgan fingerprint density at radius 1 is 1.00 bits per heavy atom. The van der Waals surface area contributed by atoms with E-state index in [1.165, 1.54) is 3.57 Å². The van der Waals surface area contributed by atoms with Gasteiger partial charge in [-0.15, -0.1) is 0 Å². The van der Waals surface area contributed by atoms with Crippen LogP contribution in [0.2, 0.25) is 0 Å². The SMILES string of the molecule is [B]c1ccc2c(c1)C(=C)c1cc(I)ccc1O2. The van der Waals surface area contributed by atoms with Gasteiger partial charge in [-0.1, -0.05) is 24.2 Å². The summed E-state index contributed by atoms with van der Waals surface area (Å²) in [5.41, 5.74) is 3.70. The smallest absolute Gasteiger partial charge is 0.135 e. The number of hydrogen-bond acceptors (Lipinski definition) is 1. The quantitative estimate of drug-likeness (QED) is 0.454. The lowest BCUT2D eigenvalue weighted by Crippen LogP contribution is -2.08. The molecule has 3 heteroatoms. The van der Waals surface area contributed by atoms with Crippen LogP contribution in [0.4, 0.5) is 0 Å². The lowest BCUT2D eigenvalue weighted by Gasteiger charge is -2.22. The minimum atomic E-state index is 0.725. The van der Waals surface area contributed by atoms with E-state index in [0.717, 1.165) is 33.7 Å². The highest BCUT2D eigenvalue weighted by atomic mass is 127. The first-order valence-electron chi connectivity index (χ1n) is 5.22. The van der Waals surface area contributed by atoms with Crippen molar-refractivity contribution in [1.29, 1.82) is 0 Å². The lowest BCUT2D eigenvalue weighted by molar-refractivity contribution is 0.474. The van der Waals surface area contributed by atoms with E-state index in [4.69, 9.17) is 12.6 Å². The Balaban J connectivity index is 2.21. The Bertz CT molecular complexity index is 581. The Morgan fingerprint density at radius 2 is 1.65 bits per heavy atom. The molecule has 0 amide bonds. The molecule has 0 N–H and O–H groups in total. The molecular weight excluding hydrogens is 322 g/mol. The fourth-order valence-electron chi connectivity index (χ4n) is 1.96. The first kappa shape index (κ1) is 10.9. The second-order valence-corrected chi connectivity index (χ2v) is 5.22. The Kier molecular flexibility index (Phi) is 2.51. The van der Waals surface area contributed by atoms with Gasteiger partial charge in [0.05, 0.1) is 0 Å². The summed E-state index contributed by atoms with van der Waals surface area (Å²) in [5.74, 6) is 1.67. The van der Waals surface area contributed by atoms with Gasteiger partial charge >= 0.3 is 0 Å². The predicted molar refractivity (Wildman–Crippen MR) is 79.2 cm³/mol. The summed E-state index contributed by atoms with van der Waals surface area (Å²) in [6, 6.07) is 11.7. The lowest BCUT2D eigenvalue weighted by atomic mass is 9.88. The van der Waals surface area contributed by atoms with Crippen LogP contribution in [0.5, 0.6) is 11.5 Å². The molecule has 0 aliphatic carbocycles. The molecule has 0 saturated carbocycles. The van der Waals surface area contributed by atoms with Crippen molar-refractivity contribution in [2.75, 3.05) is 0 Å². The molecule has 80 valence electrons. The standard InChI is InChI=1S/C14H8BIO/c1-8-11-6-9(15)2-4-13(11)17-14-5-3-10(16)7-12(8)14/h2-7H,1H2. The molecule has 0 bridgehead atoms. The minimum absolute atomic E-state index is 0.725. The van der Waals surface area contributed by atoms with Crippen LogP contribution < -0.4 is 10.2 Å². The average Bonchev–Trinajstić information content (AvgIpc) is 2.32. The minimum Gasteiger partial charge on any atom is -0.456 e. The highest BCUT2D eigenvalue weighted by Gasteiger charge is 2.20. The van der Waals surface area contributed by atoms with Crippen molar-refractivity contribution in [3.63, 3.8) is 0 Å². The summed E-state index contributed by atoms with van der Waals surface area (Å²) in [4.78, 5) is 0. The van der Waals surface area contributed by atoms with Crippen LogP contribution in [0.25, 0.3) is 5.57 Å². The van der Waals surface area contributed by atoms with E-state index in [2.05, 4.69) is 35.2 Å². The summed E-state index contributed by atoms with van der Waals surface area (Å²) in [7, 11) is 5.80. The number of halogens is 1. The van der Waals surface area contributed by atoms with Gasteiger partial charge in [-0.3, -0.25) is 0 Å². The molecule has 0 saturated heterocycles. The largest absolute Gasteiger partial charge is 0.456 e. The van der Waals surface area contributed by atoms with Crippen molar-refractivity contribution >= 4 is 41.5 Å². The number of ether oxygens (including phenoxy) is 1. The van der Waals surface area contributed by atoms with Crippen LogP contribution in [0.1, 0.15) is 11.1 Å². The molecule has 0 atom stereocenters. The molecule has 0 fully saturated rings. The van der Waals surface area contributed by atoms with E-state index in [9.17, 15) is 0 Å². The van der Waals surface area contributed by atoms with E-state index in [0.29, 0.717) is 0 Å². The molecule has 2 radical (unpaired) electrons. The van der Waals surface area contributed by atoms with Gasteiger partial charge in [0, 0.05) is 14.7 Å². The summed E-state index contributed by atoms with van der Waals surface area (Å²) in [5, 5.41) is 0. The molecule has 2 aromatic rings. The second-order valence-electron chi connectivity index (χ2n) is 3.98. The number of hydrogen-bond donors (Lipinski definition) is 0. The van der Waals surface area contributed by atoms with E-state index in [1.54, 1.807) is 0 Å². The van der Waals surface area contributed by atoms with Crippen LogP contribution in [0, 0.1) is 3.57 Å². The molecule has 3 rings (SSSR count). The molecular formula is C14H8BIO. The van der Waals surface area contributed by atoms with Crippen molar-refractivity contribution in [1.82, 2.24) is 0 Å². The maximum atomic E-state index is 5.84. The highest BCUT2D eigenvalue weighted by Crippen LogP contribution is 2.42. The van der Waals surface area contributed by atoms with Gasteiger partial charge < -0.3 is 4.74 Å². The molecule has 2 aromatic carbocycles. The van der Waals surface area contributed by atoms with Crippen molar-refractivity contribution in [2.24, 2.45) is 0 Å². The Labute approximate surface area is 115 Å². The zero-order chi connectivity index (χ0) is 12.0. The molecule has 0 spiro atoms. The van der Waals surface area contributed by atoms with Crippen molar-refractivity contribution < 1.29 is 4.74 Å². The summed E-state index contributed by atoms with van der Waals surface area (Å²) in [6.45, 7) is 4.14. The Hall–Kier alpha value is -1.23. The van der Waals surface area contributed by atoms with Gasteiger partial charge in [-0.05, 0) is 52.4 Å². The molecule has 1 aliphatic heterocycles. The van der Waals surface area contributed by atoms with Crippen LogP contribution in [-0.2, 0) is 0 Å². The third-order valence-electron chi connectivity index (χ3n) is 2.82. The van der Waals surface area contributed by atoms with Gasteiger partial charge in [-0.2, -0.15) is 0 Å². The average molecular weight is 330 g/mol. The van der Waals surface area contributed by atoms with Gasteiger partial charge in [0.1, 0.15) is 19.3 Å². The molecule has 1 heterocycles. The third-order valence-corrected chi connectivity index (χ3v) is 3.49. The fraction of sp³-hybridized carbons (Fsp3) is 0. The topological polar surface area (TPSA) is 9.23 Å². The maximum absolute atomic E-state index is 5.84. The molecule has 1 aliphatic rings. The highest BCUT2D eigenvalue weighted by molar-refractivity contribution is 14.1. The second kappa shape index (κ2) is 3.91. The van der Waals surface area contributed by atoms with Crippen molar-refractivity contribution in [3.05, 3.63) is 57.7 Å². The van der Waals surface area contributed by atoms with Gasteiger partial charge in [0.2, 0.25) is 0 Å². The normalized spacial score (nSPS) is 12.6. The third kappa shape index (κ3) is 1.78. The van der Waals surface area contributed by atoms with Gasteiger partial charge in [0.15, 0.2) is 0 Å². The van der Waals surface area contributed by atoms with E-state index < -0.39 is 0 Å².